The average Bonchev–Trinajstić information content (AvgIpc) is 3.41. The predicted molar refractivity (Wildman–Crippen MR) is 131 cm³/mol. The van der Waals surface area contributed by atoms with E-state index in [1.807, 2.05) is 36.5 Å². The molecule has 2 aromatic heterocycles. The number of aromatic nitrogens is 1. The summed E-state index contributed by atoms with van der Waals surface area (Å²) in [6.45, 7) is 2.79. The van der Waals surface area contributed by atoms with Crippen molar-refractivity contribution in [2.75, 3.05) is 0 Å². The van der Waals surface area contributed by atoms with Crippen molar-refractivity contribution in [1.29, 1.82) is 0 Å². The van der Waals surface area contributed by atoms with Crippen LogP contribution >= 0.6 is 24.0 Å². The summed E-state index contributed by atoms with van der Waals surface area (Å²) < 4.78 is 6.36. The molecule has 1 saturated heterocycles. The van der Waals surface area contributed by atoms with Crippen molar-refractivity contribution in [3.05, 3.63) is 114 Å². The quantitative estimate of drug-likeness (QED) is 0.342. The number of hydrogen-bond donors (Lipinski definition) is 1. The van der Waals surface area contributed by atoms with E-state index in [4.69, 9.17) is 16.6 Å². The van der Waals surface area contributed by atoms with Crippen LogP contribution in [0.25, 0.3) is 0 Å². The van der Waals surface area contributed by atoms with Crippen molar-refractivity contribution in [2.45, 2.75) is 35.5 Å². The molecule has 0 radical (unpaired) electrons. The molecule has 1 aliphatic rings. The van der Waals surface area contributed by atoms with Crippen molar-refractivity contribution < 1.29 is 4.42 Å². The number of aryl methyl sites for hydroxylation is 1. The minimum absolute atomic E-state index is 0.0872. The van der Waals surface area contributed by atoms with Gasteiger partial charge in [0.1, 0.15) is 11.8 Å². The lowest BCUT2D eigenvalue weighted by Gasteiger charge is -2.26. The zero-order valence-corrected chi connectivity index (χ0v) is 19.3. The lowest BCUT2D eigenvalue weighted by molar-refractivity contribution is 0.254. The molecule has 2 atom stereocenters. The van der Waals surface area contributed by atoms with Crippen LogP contribution in [-0.4, -0.2) is 15.0 Å². The lowest BCUT2D eigenvalue weighted by Crippen LogP contribution is -2.28. The summed E-state index contributed by atoms with van der Waals surface area (Å²) in [5, 5.41) is 5.05. The second kappa shape index (κ2) is 9.18. The highest BCUT2D eigenvalue weighted by Crippen LogP contribution is 2.41. The Bertz CT molecular complexity index is 1190. The van der Waals surface area contributed by atoms with Crippen LogP contribution in [0.3, 0.4) is 0 Å². The van der Waals surface area contributed by atoms with Crippen LogP contribution in [0.1, 0.15) is 34.7 Å². The van der Waals surface area contributed by atoms with Gasteiger partial charge in [0.2, 0.25) is 0 Å². The zero-order valence-electron chi connectivity index (χ0n) is 17.6. The number of nitrogens with zero attached hydrogens (tertiary/aromatic N) is 2. The first-order valence-corrected chi connectivity index (χ1v) is 11.8. The highest BCUT2D eigenvalue weighted by atomic mass is 32.2. The number of hydrogen-bond acceptors (Lipinski definition) is 4. The van der Waals surface area contributed by atoms with E-state index >= 15 is 0 Å². The fourth-order valence-electron chi connectivity index (χ4n) is 3.94. The third-order valence-electron chi connectivity index (χ3n) is 5.53. The Morgan fingerprint density at radius 2 is 1.75 bits per heavy atom. The molecule has 6 heteroatoms. The van der Waals surface area contributed by atoms with E-state index in [0.717, 1.165) is 21.4 Å². The second-order valence-corrected chi connectivity index (χ2v) is 9.28. The molecular formula is C26H23N3OS2. The van der Waals surface area contributed by atoms with Gasteiger partial charge in [-0.2, -0.15) is 0 Å². The molecule has 160 valence electrons. The van der Waals surface area contributed by atoms with Gasteiger partial charge in [0.05, 0.1) is 11.7 Å². The van der Waals surface area contributed by atoms with E-state index in [9.17, 15) is 0 Å². The van der Waals surface area contributed by atoms with Crippen molar-refractivity contribution in [3.8, 4) is 0 Å². The first kappa shape index (κ1) is 20.8. The standard InChI is InChI=1S/C26H23N3OS2/c1-18-10-12-20(13-11-18)32-23-15-14-22(30-23)25-24(21-9-5-6-16-27-21)28-26(31)29(25)17-19-7-3-2-4-8-19/h2-16,24-25H,17H2,1H3,(H,28,31)/t24-,25+/m1/s1. The molecule has 5 rings (SSSR count). The first-order valence-electron chi connectivity index (χ1n) is 10.5. The number of rotatable bonds is 6. The van der Waals surface area contributed by atoms with Crippen molar-refractivity contribution >= 4 is 29.1 Å². The molecule has 0 spiro atoms. The largest absolute Gasteiger partial charge is 0.452 e. The van der Waals surface area contributed by atoms with Crippen molar-refractivity contribution in [2.24, 2.45) is 0 Å². The van der Waals surface area contributed by atoms with Gasteiger partial charge in [0.15, 0.2) is 10.2 Å². The molecular weight excluding hydrogens is 434 g/mol. The number of thiocarbonyl (C=S) groups is 1. The monoisotopic (exact) mass is 457 g/mol. The lowest BCUT2D eigenvalue weighted by atomic mass is 10.0. The number of nitrogens with one attached hydrogen (secondary N) is 1. The van der Waals surface area contributed by atoms with Gasteiger partial charge < -0.3 is 14.6 Å². The van der Waals surface area contributed by atoms with E-state index in [-0.39, 0.29) is 12.1 Å². The van der Waals surface area contributed by atoms with Crippen LogP contribution in [0.5, 0.6) is 0 Å². The van der Waals surface area contributed by atoms with Gasteiger partial charge in [-0.25, -0.2) is 0 Å². The molecule has 0 amide bonds. The van der Waals surface area contributed by atoms with Gasteiger partial charge in [0, 0.05) is 17.6 Å². The molecule has 4 nitrogen and oxygen atoms in total. The van der Waals surface area contributed by atoms with Crippen molar-refractivity contribution in [3.63, 3.8) is 0 Å². The van der Waals surface area contributed by atoms with Gasteiger partial charge in [-0.1, -0.05) is 65.9 Å². The van der Waals surface area contributed by atoms with Crippen LogP contribution in [0.4, 0.5) is 0 Å². The molecule has 32 heavy (non-hydrogen) atoms. The molecule has 1 fully saturated rings. The molecule has 0 aliphatic carbocycles. The molecule has 0 saturated carbocycles. The Morgan fingerprint density at radius 1 is 0.969 bits per heavy atom. The SMILES string of the molecule is Cc1ccc(Sc2ccc([C@H]3[C@@H](c4ccccn4)NC(=S)N3Cc3ccccc3)o2)cc1. The Labute approximate surface area is 197 Å². The maximum atomic E-state index is 6.36. The zero-order chi connectivity index (χ0) is 21.9. The molecule has 3 heterocycles. The predicted octanol–water partition coefficient (Wildman–Crippen LogP) is 6.31. The van der Waals surface area contributed by atoms with Gasteiger partial charge in [-0.3, -0.25) is 4.98 Å². The second-order valence-electron chi connectivity index (χ2n) is 7.81. The van der Waals surface area contributed by atoms with E-state index in [0.29, 0.717) is 11.7 Å². The van der Waals surface area contributed by atoms with Gasteiger partial charge in [-0.15, -0.1) is 0 Å². The van der Waals surface area contributed by atoms with E-state index < -0.39 is 0 Å². The summed E-state index contributed by atoms with van der Waals surface area (Å²) in [4.78, 5) is 7.95. The number of pyridine rings is 1. The summed E-state index contributed by atoms with van der Waals surface area (Å²) in [5.41, 5.74) is 3.39. The third kappa shape index (κ3) is 4.42. The van der Waals surface area contributed by atoms with Gasteiger partial charge in [0.25, 0.3) is 0 Å². The van der Waals surface area contributed by atoms with Crippen LogP contribution in [0.2, 0.25) is 0 Å². The number of benzene rings is 2. The number of furan rings is 1. The van der Waals surface area contributed by atoms with E-state index in [1.165, 1.54) is 11.1 Å². The summed E-state index contributed by atoms with van der Waals surface area (Å²) >= 11 is 7.38. The molecule has 0 bridgehead atoms. The smallest absolute Gasteiger partial charge is 0.170 e. The fourth-order valence-corrected chi connectivity index (χ4v) is 5.02. The molecule has 1 aliphatic heterocycles. The molecule has 1 N–H and O–H groups in total. The Balaban J connectivity index is 1.47. The van der Waals surface area contributed by atoms with Crippen LogP contribution in [0, 0.1) is 6.92 Å². The van der Waals surface area contributed by atoms with E-state index in [1.54, 1.807) is 11.8 Å². The highest BCUT2D eigenvalue weighted by molar-refractivity contribution is 7.99. The van der Waals surface area contributed by atoms with Gasteiger partial charge >= 0.3 is 0 Å². The third-order valence-corrected chi connectivity index (χ3v) is 6.81. The molecule has 4 aromatic rings. The summed E-state index contributed by atoms with van der Waals surface area (Å²) in [6.07, 6.45) is 1.82. The topological polar surface area (TPSA) is 41.3 Å². The van der Waals surface area contributed by atoms with Crippen LogP contribution in [-0.2, 0) is 6.54 Å². The minimum Gasteiger partial charge on any atom is -0.452 e. The summed E-state index contributed by atoms with van der Waals surface area (Å²) in [7, 11) is 0. The normalized spacial score (nSPS) is 18.0. The first-order chi connectivity index (χ1) is 15.7. The Kier molecular flexibility index (Phi) is 5.97. The van der Waals surface area contributed by atoms with Crippen LogP contribution < -0.4 is 5.32 Å². The average molecular weight is 458 g/mol. The Hall–Kier alpha value is -3.09. The van der Waals surface area contributed by atoms with Crippen LogP contribution in [0.15, 0.2) is 106 Å². The molecule has 2 aromatic carbocycles. The molecule has 0 unspecified atom stereocenters. The summed E-state index contributed by atoms with van der Waals surface area (Å²) in [6, 6.07) is 28.7. The highest BCUT2D eigenvalue weighted by Gasteiger charge is 2.41. The fraction of sp³-hybridized carbons (Fsp3) is 0.154. The maximum absolute atomic E-state index is 6.36. The minimum atomic E-state index is -0.0926. The van der Waals surface area contributed by atoms with E-state index in [2.05, 4.69) is 76.7 Å². The summed E-state index contributed by atoms with van der Waals surface area (Å²) in [5.74, 6) is 0.874. The van der Waals surface area contributed by atoms with Gasteiger partial charge in [-0.05, 0) is 61.1 Å². The Morgan fingerprint density at radius 3 is 2.50 bits per heavy atom. The van der Waals surface area contributed by atoms with Crippen molar-refractivity contribution in [1.82, 2.24) is 15.2 Å². The maximum Gasteiger partial charge on any atom is 0.170 e.